The van der Waals surface area contributed by atoms with Crippen molar-refractivity contribution in [2.75, 3.05) is 32.7 Å². The van der Waals surface area contributed by atoms with Gasteiger partial charge in [0.25, 0.3) is 5.19 Å². The van der Waals surface area contributed by atoms with E-state index in [4.69, 9.17) is 9.15 Å². The highest BCUT2D eigenvalue weighted by Crippen LogP contribution is 2.32. The zero-order chi connectivity index (χ0) is 22.8. The Morgan fingerprint density at radius 2 is 2.06 bits per heavy atom. The van der Waals surface area contributed by atoms with Crippen LogP contribution >= 0.6 is 11.3 Å². The molecule has 4 heterocycles. The van der Waals surface area contributed by atoms with Crippen molar-refractivity contribution in [3.8, 4) is 10.9 Å². The topological polar surface area (TPSA) is 101 Å². The number of benzene rings is 1. The third-order valence-corrected chi connectivity index (χ3v) is 6.53. The fourth-order valence-electron chi connectivity index (χ4n) is 3.83. The van der Waals surface area contributed by atoms with Crippen molar-refractivity contribution in [1.29, 1.82) is 0 Å². The highest BCUT2D eigenvalue weighted by atomic mass is 32.1. The van der Waals surface area contributed by atoms with Crippen LogP contribution in [0.4, 0.5) is 0 Å². The molecule has 1 fully saturated rings. The predicted octanol–water partition coefficient (Wildman–Crippen LogP) is 3.01. The first-order valence-corrected chi connectivity index (χ1v) is 11.5. The number of rotatable bonds is 6. The highest BCUT2D eigenvalue weighted by molar-refractivity contribution is 7.20. The predicted molar refractivity (Wildman–Crippen MR) is 124 cm³/mol. The normalized spacial score (nSPS) is 14.6. The molecule has 0 unspecified atom stereocenters. The quantitative estimate of drug-likeness (QED) is 0.467. The van der Waals surface area contributed by atoms with Crippen LogP contribution < -0.4 is 10.1 Å². The Labute approximate surface area is 194 Å². The summed E-state index contributed by atoms with van der Waals surface area (Å²) in [5.41, 5.74) is 2.24. The third kappa shape index (κ3) is 4.81. The van der Waals surface area contributed by atoms with Crippen LogP contribution in [0.15, 0.2) is 47.2 Å². The van der Waals surface area contributed by atoms with Crippen LogP contribution in [0.25, 0.3) is 21.3 Å². The summed E-state index contributed by atoms with van der Waals surface area (Å²) in [6, 6.07) is 9.41. The summed E-state index contributed by atoms with van der Waals surface area (Å²) >= 11 is 1.43. The second-order valence-electron chi connectivity index (χ2n) is 7.88. The van der Waals surface area contributed by atoms with Crippen molar-refractivity contribution in [2.45, 2.75) is 13.5 Å². The number of carbonyl (C=O) groups excluding carboxylic acids is 2. The van der Waals surface area contributed by atoms with E-state index in [0.717, 1.165) is 15.6 Å². The van der Waals surface area contributed by atoms with Gasteiger partial charge < -0.3 is 19.4 Å². The van der Waals surface area contributed by atoms with Gasteiger partial charge in [-0.2, -0.15) is 4.98 Å². The number of nitrogens with zero attached hydrogens (tertiary/aromatic N) is 4. The lowest BCUT2D eigenvalue weighted by atomic mass is 10.1. The van der Waals surface area contributed by atoms with Crippen molar-refractivity contribution >= 4 is 44.5 Å². The molecule has 1 saturated heterocycles. The number of pyridine rings is 1. The van der Waals surface area contributed by atoms with E-state index in [1.165, 1.54) is 11.3 Å². The van der Waals surface area contributed by atoms with Crippen LogP contribution in [0.3, 0.4) is 0 Å². The number of nitrogens with one attached hydrogen (secondary N) is 1. The molecular weight excluding hydrogens is 442 g/mol. The Morgan fingerprint density at radius 1 is 1.21 bits per heavy atom. The molecule has 0 radical (unpaired) electrons. The summed E-state index contributed by atoms with van der Waals surface area (Å²) < 4.78 is 12.6. The summed E-state index contributed by atoms with van der Waals surface area (Å²) in [6.07, 6.45) is 3.36. The Morgan fingerprint density at radius 3 is 2.85 bits per heavy atom. The standard InChI is InChI=1S/C23H23N5O4S/c1-15(29)28-9-7-27(8-10-28)13-21(30)25-12-16-14-31-19-11-17(4-5-18(16)19)32-23-26-22-20(33-23)3-2-6-24-22/h2-6,11,14H,7-10,12-13H2,1H3,(H,25,30). The second kappa shape index (κ2) is 9.16. The van der Waals surface area contributed by atoms with Crippen molar-refractivity contribution < 1.29 is 18.7 Å². The number of ether oxygens (including phenoxy) is 1. The minimum absolute atomic E-state index is 0.0509. The van der Waals surface area contributed by atoms with Crippen LogP contribution in [0.5, 0.6) is 10.9 Å². The Balaban J connectivity index is 1.17. The first-order valence-electron chi connectivity index (χ1n) is 10.7. The number of thiazole rings is 1. The van der Waals surface area contributed by atoms with Crippen LogP contribution in [0.1, 0.15) is 12.5 Å². The first-order chi connectivity index (χ1) is 16.0. The molecule has 1 aliphatic rings. The van der Waals surface area contributed by atoms with Gasteiger partial charge in [0.15, 0.2) is 5.65 Å². The van der Waals surface area contributed by atoms with E-state index in [1.54, 1.807) is 24.3 Å². The molecule has 0 spiro atoms. The summed E-state index contributed by atoms with van der Waals surface area (Å²) in [6.45, 7) is 4.99. The number of amides is 2. The minimum atomic E-state index is -0.0509. The van der Waals surface area contributed by atoms with Crippen LogP contribution in [-0.4, -0.2) is 64.3 Å². The summed E-state index contributed by atoms with van der Waals surface area (Å²) in [5.74, 6) is 0.651. The molecule has 0 bridgehead atoms. The van der Waals surface area contributed by atoms with Gasteiger partial charge in [0.2, 0.25) is 11.8 Å². The number of furan rings is 1. The van der Waals surface area contributed by atoms with Crippen molar-refractivity contribution in [3.05, 3.63) is 48.4 Å². The van der Waals surface area contributed by atoms with Gasteiger partial charge in [0.1, 0.15) is 11.3 Å². The molecule has 10 heteroatoms. The average molecular weight is 466 g/mol. The number of carbonyl (C=O) groups is 2. The number of aromatic nitrogens is 2. The van der Waals surface area contributed by atoms with Gasteiger partial charge in [-0.1, -0.05) is 11.3 Å². The Bertz CT molecular complexity index is 1280. The molecular formula is C23H23N5O4S. The molecule has 0 aliphatic carbocycles. The summed E-state index contributed by atoms with van der Waals surface area (Å²) in [7, 11) is 0. The van der Waals surface area contributed by atoms with E-state index in [1.807, 2.05) is 30.3 Å². The fourth-order valence-corrected chi connectivity index (χ4v) is 4.63. The first kappa shape index (κ1) is 21.4. The van der Waals surface area contributed by atoms with E-state index in [0.29, 0.717) is 61.4 Å². The van der Waals surface area contributed by atoms with E-state index >= 15 is 0 Å². The van der Waals surface area contributed by atoms with Crippen LogP contribution in [-0.2, 0) is 16.1 Å². The van der Waals surface area contributed by atoms with Crippen LogP contribution in [0.2, 0.25) is 0 Å². The van der Waals surface area contributed by atoms with Gasteiger partial charge in [-0.3, -0.25) is 14.5 Å². The van der Waals surface area contributed by atoms with Gasteiger partial charge in [-0.25, -0.2) is 4.98 Å². The smallest absolute Gasteiger partial charge is 0.281 e. The lowest BCUT2D eigenvalue weighted by molar-refractivity contribution is -0.131. The van der Waals surface area contributed by atoms with Crippen molar-refractivity contribution in [2.24, 2.45) is 0 Å². The lowest BCUT2D eigenvalue weighted by Gasteiger charge is -2.33. The molecule has 1 aromatic carbocycles. The maximum absolute atomic E-state index is 12.4. The molecule has 1 N–H and O–H groups in total. The molecule has 4 aromatic rings. The zero-order valence-corrected chi connectivity index (χ0v) is 18.9. The monoisotopic (exact) mass is 465 g/mol. The van der Waals surface area contributed by atoms with Gasteiger partial charge >= 0.3 is 0 Å². The molecule has 9 nitrogen and oxygen atoms in total. The summed E-state index contributed by atoms with van der Waals surface area (Å²) in [5, 5.41) is 4.40. The van der Waals surface area contributed by atoms with E-state index in [-0.39, 0.29) is 11.8 Å². The maximum atomic E-state index is 12.4. The molecule has 1 aliphatic heterocycles. The van der Waals surface area contributed by atoms with Gasteiger partial charge in [0, 0.05) is 62.9 Å². The number of hydrogen-bond donors (Lipinski definition) is 1. The molecule has 2 amide bonds. The number of piperazine rings is 1. The molecule has 170 valence electrons. The molecule has 3 aromatic heterocycles. The van der Waals surface area contributed by atoms with Gasteiger partial charge in [-0.05, 0) is 24.3 Å². The Hall–Kier alpha value is -3.50. The van der Waals surface area contributed by atoms with Gasteiger partial charge in [0.05, 0.1) is 17.5 Å². The fraction of sp³-hybridized carbons (Fsp3) is 0.304. The largest absolute Gasteiger partial charge is 0.464 e. The van der Waals surface area contributed by atoms with Crippen molar-refractivity contribution in [1.82, 2.24) is 25.1 Å². The highest BCUT2D eigenvalue weighted by Gasteiger charge is 2.20. The minimum Gasteiger partial charge on any atom is -0.464 e. The SMILES string of the molecule is CC(=O)N1CCN(CC(=O)NCc2coc3cc(Oc4nc5ncccc5s4)ccc23)CC1. The number of fused-ring (bicyclic) bond motifs is 2. The lowest BCUT2D eigenvalue weighted by Crippen LogP contribution is -2.50. The number of hydrogen-bond acceptors (Lipinski definition) is 8. The molecule has 0 atom stereocenters. The summed E-state index contributed by atoms with van der Waals surface area (Å²) in [4.78, 5) is 36.3. The van der Waals surface area contributed by atoms with E-state index < -0.39 is 0 Å². The second-order valence-corrected chi connectivity index (χ2v) is 8.88. The zero-order valence-electron chi connectivity index (χ0n) is 18.1. The van der Waals surface area contributed by atoms with Gasteiger partial charge in [-0.15, -0.1) is 0 Å². The van der Waals surface area contributed by atoms with E-state index in [2.05, 4.69) is 20.2 Å². The molecule has 0 saturated carbocycles. The van der Waals surface area contributed by atoms with Crippen molar-refractivity contribution in [3.63, 3.8) is 0 Å². The van der Waals surface area contributed by atoms with Crippen LogP contribution in [0, 0.1) is 0 Å². The third-order valence-electron chi connectivity index (χ3n) is 5.64. The van der Waals surface area contributed by atoms with E-state index in [9.17, 15) is 9.59 Å². The maximum Gasteiger partial charge on any atom is 0.281 e. The average Bonchev–Trinajstić information content (AvgIpc) is 3.41. The molecule has 33 heavy (non-hydrogen) atoms. The molecule has 5 rings (SSSR count). The Kier molecular flexibility index (Phi) is 5.93.